The summed E-state index contributed by atoms with van der Waals surface area (Å²) in [6, 6.07) is 22.3. The van der Waals surface area contributed by atoms with Crippen LogP contribution in [-0.2, 0) is 31.1 Å². The largest absolute Gasteiger partial charge is 0.508 e. The number of hydrogen-bond donors (Lipinski definition) is 2. The number of amides is 4. The number of aromatic hydroxyl groups is 1. The zero-order valence-electron chi connectivity index (χ0n) is 26.7. The number of allylic oxidation sites excluding steroid dienone is 2. The van der Waals surface area contributed by atoms with Gasteiger partial charge in [0.05, 0.1) is 47.5 Å². The molecule has 8 rings (SSSR count). The Kier molecular flexibility index (Phi) is 8.01. The molecule has 4 aromatic rings. The number of nitrogens with zero attached hydrogens (tertiary/aromatic N) is 2. The number of hydrogen-bond acceptors (Lipinski definition) is 8. The average molecular weight is 729 g/mol. The van der Waals surface area contributed by atoms with Crippen LogP contribution < -0.4 is 10.2 Å². The number of rotatable bonds is 7. The second-order valence-corrected chi connectivity index (χ2v) is 15.0. The van der Waals surface area contributed by atoms with Crippen LogP contribution in [0.5, 0.6) is 11.5 Å². The van der Waals surface area contributed by atoms with Crippen LogP contribution in [-0.4, -0.2) is 45.8 Å². The molecule has 9 nitrogen and oxygen atoms in total. The van der Waals surface area contributed by atoms with Gasteiger partial charge in [-0.05, 0) is 83.8 Å². The number of hydrazine groups is 1. The van der Waals surface area contributed by atoms with Gasteiger partial charge in [0.1, 0.15) is 11.5 Å². The SMILES string of the molecule is COc1ccc(C23C(=O)N(Nc4ccc(Cl)cc4Cl)C(=O)C2CC2C(=CCC4C(=O)N(Cc5cccs5)C(=O)C42)C3c2ccc(O)cc2)cc1. The highest BCUT2D eigenvalue weighted by Gasteiger charge is 2.70. The molecule has 0 radical (unpaired) electrons. The van der Waals surface area contributed by atoms with Gasteiger partial charge in [-0.1, -0.05) is 65.2 Å². The van der Waals surface area contributed by atoms with E-state index < -0.39 is 46.8 Å². The first kappa shape index (κ1) is 32.6. The van der Waals surface area contributed by atoms with Gasteiger partial charge in [0.2, 0.25) is 11.8 Å². The van der Waals surface area contributed by atoms with Crippen LogP contribution in [0.15, 0.2) is 95.9 Å². The number of ether oxygens (including phenoxy) is 1. The number of benzene rings is 3. The van der Waals surface area contributed by atoms with Gasteiger partial charge in [0.15, 0.2) is 0 Å². The van der Waals surface area contributed by atoms with E-state index in [4.69, 9.17) is 27.9 Å². The molecule has 3 aromatic carbocycles. The van der Waals surface area contributed by atoms with E-state index in [1.165, 1.54) is 22.3 Å². The number of thiophene rings is 1. The zero-order valence-corrected chi connectivity index (χ0v) is 29.0. The van der Waals surface area contributed by atoms with Gasteiger partial charge in [-0.3, -0.25) is 29.5 Å². The van der Waals surface area contributed by atoms with Gasteiger partial charge in [-0.15, -0.1) is 11.3 Å². The number of halogens is 2. The Bertz CT molecular complexity index is 2070. The number of anilines is 1. The molecule has 1 saturated carbocycles. The first-order valence-corrected chi connectivity index (χ1v) is 17.9. The maximum absolute atomic E-state index is 15.2. The zero-order chi connectivity index (χ0) is 34.9. The van der Waals surface area contributed by atoms with Crippen molar-refractivity contribution in [3.05, 3.63) is 122 Å². The summed E-state index contributed by atoms with van der Waals surface area (Å²) >= 11 is 14.2. The van der Waals surface area contributed by atoms with E-state index in [1.807, 2.05) is 35.7 Å². The molecule has 12 heteroatoms. The Morgan fingerprint density at radius 2 is 1.70 bits per heavy atom. The van der Waals surface area contributed by atoms with E-state index in [2.05, 4.69) is 5.43 Å². The van der Waals surface area contributed by atoms with Crippen LogP contribution in [0.4, 0.5) is 5.69 Å². The number of carbonyl (C=O) groups excluding carboxylic acids is 4. The van der Waals surface area contributed by atoms with E-state index in [1.54, 1.807) is 55.6 Å². The van der Waals surface area contributed by atoms with E-state index in [0.717, 1.165) is 15.5 Å². The van der Waals surface area contributed by atoms with Crippen molar-refractivity contribution in [3.63, 3.8) is 0 Å². The molecule has 3 fully saturated rings. The Morgan fingerprint density at radius 1 is 0.940 bits per heavy atom. The fourth-order valence-corrected chi connectivity index (χ4v) is 9.81. The first-order valence-electron chi connectivity index (χ1n) is 16.2. The molecule has 6 unspecified atom stereocenters. The predicted molar refractivity (Wildman–Crippen MR) is 189 cm³/mol. The standard InChI is InChI=1S/C38H31Cl2N3O6S/c1-49-24-11-6-21(7-12-24)38-29(35(46)43(37(38)48)41-31-15-8-22(39)17-30(31)40)18-28-26(33(38)20-4-9-23(44)10-5-20)13-14-27-32(28)36(47)42(34(27)45)19-25-3-2-16-50-25/h2-13,15-17,27-29,32-33,41,44H,14,18-19H2,1H3. The third-order valence-electron chi connectivity index (χ3n) is 10.8. The normalized spacial score (nSPS) is 27.2. The van der Waals surface area contributed by atoms with Gasteiger partial charge in [-0.25, -0.2) is 0 Å². The lowest BCUT2D eigenvalue weighted by Gasteiger charge is -2.50. The molecule has 6 atom stereocenters. The Hall–Kier alpha value is -4.64. The topological polar surface area (TPSA) is 116 Å². The molecule has 4 amide bonds. The monoisotopic (exact) mass is 727 g/mol. The number of imide groups is 2. The van der Waals surface area contributed by atoms with Crippen molar-refractivity contribution in [1.82, 2.24) is 9.91 Å². The van der Waals surface area contributed by atoms with Crippen LogP contribution in [0.1, 0.15) is 34.8 Å². The number of methoxy groups -OCH3 is 1. The van der Waals surface area contributed by atoms with Crippen molar-refractivity contribution in [2.45, 2.75) is 30.7 Å². The number of phenols is 1. The van der Waals surface area contributed by atoms with Crippen LogP contribution in [0.3, 0.4) is 0 Å². The lowest BCUT2D eigenvalue weighted by Crippen LogP contribution is -2.53. The summed E-state index contributed by atoms with van der Waals surface area (Å²) < 4.78 is 5.45. The highest BCUT2D eigenvalue weighted by molar-refractivity contribution is 7.09. The Balaban J connectivity index is 1.30. The summed E-state index contributed by atoms with van der Waals surface area (Å²) in [6.07, 6.45) is 2.50. The summed E-state index contributed by atoms with van der Waals surface area (Å²) in [7, 11) is 1.55. The van der Waals surface area contributed by atoms with Crippen molar-refractivity contribution in [2.75, 3.05) is 12.5 Å². The predicted octanol–water partition coefficient (Wildman–Crippen LogP) is 6.95. The molecule has 2 N–H and O–H groups in total. The molecule has 0 bridgehead atoms. The number of phenolic OH excluding ortho intramolecular Hbond substituents is 1. The minimum absolute atomic E-state index is 0.0455. The van der Waals surface area contributed by atoms with Gasteiger partial charge >= 0.3 is 0 Å². The number of nitrogens with one attached hydrogen (secondary N) is 1. The molecule has 2 saturated heterocycles. The van der Waals surface area contributed by atoms with Crippen molar-refractivity contribution in [3.8, 4) is 11.5 Å². The molecule has 254 valence electrons. The third kappa shape index (κ3) is 4.87. The fourth-order valence-electron chi connectivity index (χ4n) is 8.66. The highest BCUT2D eigenvalue weighted by atomic mass is 35.5. The maximum Gasteiger partial charge on any atom is 0.260 e. The van der Waals surface area contributed by atoms with Gasteiger partial charge < -0.3 is 9.84 Å². The first-order chi connectivity index (χ1) is 24.1. The van der Waals surface area contributed by atoms with E-state index in [0.29, 0.717) is 34.0 Å². The lowest BCUT2D eigenvalue weighted by molar-refractivity contribution is -0.141. The number of carbonyl (C=O) groups is 4. The van der Waals surface area contributed by atoms with Crippen molar-refractivity contribution < 1.29 is 29.0 Å². The van der Waals surface area contributed by atoms with Gasteiger partial charge in [0.25, 0.3) is 11.8 Å². The van der Waals surface area contributed by atoms with Crippen molar-refractivity contribution in [2.24, 2.45) is 23.7 Å². The van der Waals surface area contributed by atoms with Gasteiger partial charge in [0, 0.05) is 15.8 Å². The highest BCUT2D eigenvalue weighted by Crippen LogP contribution is 2.64. The Labute approximate surface area is 302 Å². The van der Waals surface area contributed by atoms with Crippen LogP contribution in [0.25, 0.3) is 0 Å². The second-order valence-electron chi connectivity index (χ2n) is 13.1. The summed E-state index contributed by atoms with van der Waals surface area (Å²) in [5.74, 6) is -4.23. The molecule has 1 aromatic heterocycles. The Morgan fingerprint density at radius 3 is 2.38 bits per heavy atom. The number of fused-ring (bicyclic) bond motifs is 4. The molecule has 2 aliphatic heterocycles. The van der Waals surface area contributed by atoms with Gasteiger partial charge in [-0.2, -0.15) is 5.01 Å². The second kappa shape index (κ2) is 12.3. The quantitative estimate of drug-likeness (QED) is 0.156. The maximum atomic E-state index is 15.2. The molecular weight excluding hydrogens is 697 g/mol. The summed E-state index contributed by atoms with van der Waals surface area (Å²) in [5, 5.41) is 13.9. The van der Waals surface area contributed by atoms with Crippen LogP contribution in [0.2, 0.25) is 10.0 Å². The summed E-state index contributed by atoms with van der Waals surface area (Å²) in [6.45, 7) is 0.196. The van der Waals surface area contributed by atoms with Crippen molar-refractivity contribution in [1.29, 1.82) is 0 Å². The summed E-state index contributed by atoms with van der Waals surface area (Å²) in [5.41, 5.74) is 3.97. The minimum atomic E-state index is -1.47. The van der Waals surface area contributed by atoms with Crippen molar-refractivity contribution >= 4 is 63.9 Å². The molecule has 4 aliphatic rings. The average Bonchev–Trinajstić information content (AvgIpc) is 3.78. The van der Waals surface area contributed by atoms with E-state index in [9.17, 15) is 19.5 Å². The van der Waals surface area contributed by atoms with E-state index in [-0.39, 0.29) is 35.6 Å². The molecule has 0 spiro atoms. The smallest absolute Gasteiger partial charge is 0.260 e. The third-order valence-corrected chi connectivity index (χ3v) is 12.2. The molecular formula is C38H31Cl2N3O6S. The number of likely N-dealkylation sites (tertiary alicyclic amines) is 1. The van der Waals surface area contributed by atoms with Crippen LogP contribution >= 0.6 is 34.5 Å². The lowest BCUT2D eigenvalue weighted by atomic mass is 9.49. The van der Waals surface area contributed by atoms with E-state index >= 15 is 4.79 Å². The van der Waals surface area contributed by atoms with Crippen LogP contribution in [0, 0.1) is 23.7 Å². The molecule has 3 heterocycles. The fraction of sp³-hybridized carbons (Fsp3) is 0.263. The minimum Gasteiger partial charge on any atom is -0.508 e. The molecule has 2 aliphatic carbocycles. The summed E-state index contributed by atoms with van der Waals surface area (Å²) in [4.78, 5) is 60.4. The molecule has 50 heavy (non-hydrogen) atoms.